The number of nitrogens with zero attached hydrogens (tertiary/aromatic N) is 2. The van der Waals surface area contributed by atoms with Gasteiger partial charge in [0.15, 0.2) is 5.96 Å². The highest BCUT2D eigenvalue weighted by molar-refractivity contribution is 5.80. The van der Waals surface area contributed by atoms with Crippen LogP contribution in [0.2, 0.25) is 0 Å². The molecule has 4 heteroatoms. The van der Waals surface area contributed by atoms with Crippen LogP contribution >= 0.6 is 0 Å². The van der Waals surface area contributed by atoms with E-state index in [1.165, 1.54) is 30.4 Å². The van der Waals surface area contributed by atoms with Crippen LogP contribution in [0.1, 0.15) is 44.2 Å². The van der Waals surface area contributed by atoms with Gasteiger partial charge in [-0.2, -0.15) is 0 Å². The molecule has 0 spiro atoms. The van der Waals surface area contributed by atoms with Crippen LogP contribution in [0.5, 0.6) is 0 Å². The summed E-state index contributed by atoms with van der Waals surface area (Å²) in [5.41, 5.74) is 2.77. The van der Waals surface area contributed by atoms with Gasteiger partial charge in [0.1, 0.15) is 0 Å². The van der Waals surface area contributed by atoms with E-state index in [1.807, 2.05) is 7.05 Å². The summed E-state index contributed by atoms with van der Waals surface area (Å²) in [6, 6.07) is 10.7. The van der Waals surface area contributed by atoms with Crippen LogP contribution in [0.15, 0.2) is 29.3 Å². The van der Waals surface area contributed by atoms with E-state index in [4.69, 9.17) is 0 Å². The van der Waals surface area contributed by atoms with Crippen LogP contribution in [0, 0.1) is 0 Å². The summed E-state index contributed by atoms with van der Waals surface area (Å²) < 4.78 is 0. The standard InChI is InChI=1S/C19H30N4/c1-4-15-7-5-6-8-16(15)12-21-19(20-3)22-17-11-14(2)23(13-17)18-9-10-18/h5-8,14,17-18H,4,9-13H2,1-3H3,(H2,20,21,22). The maximum Gasteiger partial charge on any atom is 0.191 e. The van der Waals surface area contributed by atoms with E-state index in [2.05, 4.69) is 58.6 Å². The van der Waals surface area contributed by atoms with Crippen molar-refractivity contribution in [2.24, 2.45) is 4.99 Å². The number of guanidine groups is 1. The Morgan fingerprint density at radius 1 is 1.26 bits per heavy atom. The minimum atomic E-state index is 0.512. The molecule has 2 unspecified atom stereocenters. The number of nitrogens with one attached hydrogen (secondary N) is 2. The molecule has 0 bridgehead atoms. The highest BCUT2D eigenvalue weighted by Crippen LogP contribution is 2.33. The summed E-state index contributed by atoms with van der Waals surface area (Å²) in [6.07, 6.45) is 5.05. The van der Waals surface area contributed by atoms with Crippen molar-refractivity contribution < 1.29 is 0 Å². The molecule has 1 saturated carbocycles. The fourth-order valence-corrected chi connectivity index (χ4v) is 3.72. The Bertz CT molecular complexity index is 550. The van der Waals surface area contributed by atoms with Crippen LogP contribution in [0.25, 0.3) is 0 Å². The van der Waals surface area contributed by atoms with Crippen LogP contribution in [-0.2, 0) is 13.0 Å². The van der Waals surface area contributed by atoms with Gasteiger partial charge in [-0.05, 0) is 43.7 Å². The molecule has 0 amide bonds. The smallest absolute Gasteiger partial charge is 0.191 e. The average molecular weight is 314 g/mol. The molecule has 3 rings (SSSR count). The molecule has 1 aliphatic heterocycles. The first-order valence-corrected chi connectivity index (χ1v) is 9.01. The molecule has 2 aliphatic rings. The van der Waals surface area contributed by atoms with Crippen molar-refractivity contribution >= 4 is 5.96 Å². The van der Waals surface area contributed by atoms with E-state index < -0.39 is 0 Å². The lowest BCUT2D eigenvalue weighted by atomic mass is 10.1. The topological polar surface area (TPSA) is 39.7 Å². The molecule has 2 atom stereocenters. The molecule has 1 aromatic carbocycles. The molecule has 2 fully saturated rings. The molecule has 1 heterocycles. The highest BCUT2D eigenvalue weighted by atomic mass is 15.3. The number of benzene rings is 1. The van der Waals surface area contributed by atoms with Crippen molar-refractivity contribution in [2.45, 2.75) is 64.2 Å². The van der Waals surface area contributed by atoms with Gasteiger partial charge in [0.2, 0.25) is 0 Å². The van der Waals surface area contributed by atoms with Crippen molar-refractivity contribution in [1.82, 2.24) is 15.5 Å². The first kappa shape index (κ1) is 16.3. The predicted molar refractivity (Wildman–Crippen MR) is 96.7 cm³/mol. The maximum absolute atomic E-state index is 4.41. The number of hydrogen-bond acceptors (Lipinski definition) is 2. The Kier molecular flexibility index (Phi) is 5.21. The van der Waals surface area contributed by atoms with E-state index in [9.17, 15) is 0 Å². The fraction of sp³-hybridized carbons (Fsp3) is 0.632. The van der Waals surface area contributed by atoms with Gasteiger partial charge in [0.25, 0.3) is 0 Å². The van der Waals surface area contributed by atoms with Gasteiger partial charge in [-0.25, -0.2) is 0 Å². The van der Waals surface area contributed by atoms with Crippen molar-refractivity contribution in [3.63, 3.8) is 0 Å². The van der Waals surface area contributed by atoms with E-state index in [1.54, 1.807) is 0 Å². The Labute approximate surface area is 140 Å². The highest BCUT2D eigenvalue weighted by Gasteiger charge is 2.38. The van der Waals surface area contributed by atoms with Gasteiger partial charge in [-0.3, -0.25) is 9.89 Å². The molecule has 1 aromatic rings. The summed E-state index contributed by atoms with van der Waals surface area (Å²) in [5, 5.41) is 7.10. The minimum Gasteiger partial charge on any atom is -0.352 e. The lowest BCUT2D eigenvalue weighted by Crippen LogP contribution is -2.44. The quantitative estimate of drug-likeness (QED) is 0.648. The lowest BCUT2D eigenvalue weighted by molar-refractivity contribution is 0.256. The first-order valence-electron chi connectivity index (χ1n) is 9.01. The summed E-state index contributed by atoms with van der Waals surface area (Å²) >= 11 is 0. The third-order valence-electron chi connectivity index (χ3n) is 5.15. The van der Waals surface area contributed by atoms with Crippen LogP contribution in [0.3, 0.4) is 0 Å². The second kappa shape index (κ2) is 7.35. The van der Waals surface area contributed by atoms with E-state index in [0.717, 1.165) is 31.5 Å². The Hall–Kier alpha value is -1.55. The van der Waals surface area contributed by atoms with Crippen molar-refractivity contribution in [1.29, 1.82) is 0 Å². The molecule has 4 nitrogen and oxygen atoms in total. The molecule has 0 radical (unpaired) electrons. The third kappa shape index (κ3) is 4.05. The molecule has 1 saturated heterocycles. The molecule has 2 N–H and O–H groups in total. The molecule has 1 aliphatic carbocycles. The van der Waals surface area contributed by atoms with Gasteiger partial charge in [0.05, 0.1) is 0 Å². The molecular weight excluding hydrogens is 284 g/mol. The number of rotatable bonds is 5. The summed E-state index contributed by atoms with van der Waals surface area (Å²) in [6.45, 7) is 6.54. The van der Waals surface area contributed by atoms with E-state index >= 15 is 0 Å². The number of aliphatic imine (C=N–C) groups is 1. The predicted octanol–water partition coefficient (Wildman–Crippen LogP) is 2.54. The summed E-state index contributed by atoms with van der Waals surface area (Å²) in [7, 11) is 1.86. The Morgan fingerprint density at radius 2 is 2.00 bits per heavy atom. The Morgan fingerprint density at radius 3 is 2.65 bits per heavy atom. The zero-order chi connectivity index (χ0) is 16.2. The molecule has 0 aromatic heterocycles. The van der Waals surface area contributed by atoms with Crippen molar-refractivity contribution in [3.05, 3.63) is 35.4 Å². The van der Waals surface area contributed by atoms with Crippen LogP contribution < -0.4 is 10.6 Å². The maximum atomic E-state index is 4.41. The lowest BCUT2D eigenvalue weighted by Gasteiger charge is -2.20. The SMILES string of the molecule is CCc1ccccc1CNC(=NC)NC1CC(C)N(C2CC2)C1. The van der Waals surface area contributed by atoms with Crippen molar-refractivity contribution in [3.8, 4) is 0 Å². The average Bonchev–Trinajstić information content (AvgIpc) is 3.35. The molecule has 23 heavy (non-hydrogen) atoms. The third-order valence-corrected chi connectivity index (χ3v) is 5.15. The summed E-state index contributed by atoms with van der Waals surface area (Å²) in [5.74, 6) is 0.922. The zero-order valence-corrected chi connectivity index (χ0v) is 14.7. The monoisotopic (exact) mass is 314 g/mol. The first-order chi connectivity index (χ1) is 11.2. The van der Waals surface area contributed by atoms with Gasteiger partial charge in [0, 0.05) is 38.3 Å². The van der Waals surface area contributed by atoms with Gasteiger partial charge < -0.3 is 10.6 Å². The van der Waals surface area contributed by atoms with E-state index in [0.29, 0.717) is 12.1 Å². The van der Waals surface area contributed by atoms with Gasteiger partial charge in [-0.15, -0.1) is 0 Å². The normalized spacial score (nSPS) is 25.6. The van der Waals surface area contributed by atoms with Crippen LogP contribution in [0.4, 0.5) is 0 Å². The molecular formula is C19H30N4. The number of hydrogen-bond donors (Lipinski definition) is 2. The van der Waals surface area contributed by atoms with Crippen molar-refractivity contribution in [2.75, 3.05) is 13.6 Å². The van der Waals surface area contributed by atoms with Crippen LogP contribution in [-0.4, -0.2) is 42.6 Å². The second-order valence-corrected chi connectivity index (χ2v) is 6.90. The Balaban J connectivity index is 1.52. The molecule has 126 valence electrons. The minimum absolute atomic E-state index is 0.512. The number of likely N-dealkylation sites (tertiary alicyclic amines) is 1. The van der Waals surface area contributed by atoms with E-state index in [-0.39, 0.29) is 0 Å². The van der Waals surface area contributed by atoms with Gasteiger partial charge >= 0.3 is 0 Å². The largest absolute Gasteiger partial charge is 0.352 e. The summed E-state index contributed by atoms with van der Waals surface area (Å²) in [4.78, 5) is 7.07. The second-order valence-electron chi connectivity index (χ2n) is 6.90. The fourth-order valence-electron chi connectivity index (χ4n) is 3.72. The zero-order valence-electron chi connectivity index (χ0n) is 14.7. The van der Waals surface area contributed by atoms with Gasteiger partial charge in [-0.1, -0.05) is 31.2 Å². The number of aryl methyl sites for hydroxylation is 1.